The molecule has 12 nitrogen and oxygen atoms in total. The molecular formula is C28H33N7O5S. The highest BCUT2D eigenvalue weighted by atomic mass is 32.2. The lowest BCUT2D eigenvalue weighted by Gasteiger charge is -2.25. The quantitative estimate of drug-likeness (QED) is 0.310. The monoisotopic (exact) mass is 579 g/mol. The van der Waals surface area contributed by atoms with E-state index in [-0.39, 0.29) is 23.8 Å². The van der Waals surface area contributed by atoms with Gasteiger partial charge in [-0.05, 0) is 62.9 Å². The number of ether oxygens (including phenoxy) is 2. The first-order valence-corrected chi connectivity index (χ1v) is 14.8. The number of hydrogen-bond acceptors (Lipinski definition) is 8. The molecule has 13 heteroatoms. The molecule has 41 heavy (non-hydrogen) atoms. The van der Waals surface area contributed by atoms with E-state index in [1.807, 2.05) is 58.0 Å². The van der Waals surface area contributed by atoms with Crippen molar-refractivity contribution >= 4 is 15.7 Å². The molecule has 4 aromatic rings. The number of nitrogens with zero attached hydrogens (tertiary/aromatic N) is 5. The number of rotatable bonds is 9. The fourth-order valence-electron chi connectivity index (χ4n) is 5.22. The third-order valence-corrected chi connectivity index (χ3v) is 8.35. The summed E-state index contributed by atoms with van der Waals surface area (Å²) in [7, 11) is -2.31. The SMILES string of the molecule is CCOc1cc2c(cc1OC)-c1cc(=Nc3c(C)cc(C)cc3C)n(CCNS(=O)(=O)c3cn[nH]n3)c(=O)n1CC2. The van der Waals surface area contributed by atoms with Gasteiger partial charge in [0, 0.05) is 31.3 Å². The molecule has 0 radical (unpaired) electrons. The first-order valence-electron chi connectivity index (χ1n) is 13.3. The first kappa shape index (κ1) is 28.3. The Labute approximate surface area is 237 Å². The van der Waals surface area contributed by atoms with E-state index in [0.29, 0.717) is 42.3 Å². The van der Waals surface area contributed by atoms with Crippen LogP contribution in [0.2, 0.25) is 0 Å². The molecule has 0 saturated heterocycles. The van der Waals surface area contributed by atoms with Gasteiger partial charge in [-0.2, -0.15) is 10.3 Å². The zero-order chi connectivity index (χ0) is 29.3. The Kier molecular flexibility index (Phi) is 7.82. The van der Waals surface area contributed by atoms with Gasteiger partial charge in [-0.25, -0.2) is 22.9 Å². The number of methoxy groups -OCH3 is 1. The maximum Gasteiger partial charge on any atom is 0.330 e. The van der Waals surface area contributed by atoms with Crippen LogP contribution in [0.25, 0.3) is 11.3 Å². The fraction of sp³-hybridized carbons (Fsp3) is 0.357. The third-order valence-electron chi connectivity index (χ3n) is 7.02. The Morgan fingerprint density at radius 2 is 1.85 bits per heavy atom. The molecule has 0 aliphatic carbocycles. The number of benzene rings is 2. The van der Waals surface area contributed by atoms with Gasteiger partial charge in [0.25, 0.3) is 10.0 Å². The van der Waals surface area contributed by atoms with Crippen molar-refractivity contribution in [1.82, 2.24) is 29.3 Å². The van der Waals surface area contributed by atoms with Gasteiger partial charge in [-0.3, -0.25) is 9.13 Å². The second kappa shape index (κ2) is 11.3. The molecule has 0 atom stereocenters. The van der Waals surface area contributed by atoms with Crippen molar-refractivity contribution in [3.63, 3.8) is 0 Å². The van der Waals surface area contributed by atoms with Gasteiger partial charge in [0.2, 0.25) is 5.03 Å². The van der Waals surface area contributed by atoms with Gasteiger partial charge in [-0.15, -0.1) is 5.10 Å². The largest absolute Gasteiger partial charge is 0.493 e. The second-order valence-corrected chi connectivity index (χ2v) is 11.6. The summed E-state index contributed by atoms with van der Waals surface area (Å²) >= 11 is 0. The molecule has 2 aromatic heterocycles. The summed E-state index contributed by atoms with van der Waals surface area (Å²) in [5.41, 5.74) is 6.56. The fourth-order valence-corrected chi connectivity index (χ4v) is 6.08. The van der Waals surface area contributed by atoms with Gasteiger partial charge >= 0.3 is 5.69 Å². The van der Waals surface area contributed by atoms with Gasteiger partial charge in [0.1, 0.15) is 5.49 Å². The standard InChI is InChI=1S/C28H33N7O5S/c1-6-40-24-13-20-7-9-34-22(21(20)14-23(24)39-5)15-25(31-27-18(3)11-17(2)12-19(27)4)35(28(34)36)10-8-30-41(37,38)26-16-29-33-32-26/h11-16,30H,6-10H2,1-5H3,(H,29,32,33). The van der Waals surface area contributed by atoms with Crippen molar-refractivity contribution in [3.05, 3.63) is 74.8 Å². The molecular weight excluding hydrogens is 546 g/mol. The van der Waals surface area contributed by atoms with Crippen molar-refractivity contribution in [3.8, 4) is 22.8 Å². The smallest absolute Gasteiger partial charge is 0.330 e. The van der Waals surface area contributed by atoms with Gasteiger partial charge in [0.05, 0.1) is 31.3 Å². The summed E-state index contributed by atoms with van der Waals surface area (Å²) in [6, 6.07) is 9.83. The summed E-state index contributed by atoms with van der Waals surface area (Å²) in [4.78, 5) is 18.9. The topological polar surface area (TPSA) is 145 Å². The Bertz CT molecular complexity index is 1820. The zero-order valence-electron chi connectivity index (χ0n) is 23.7. The molecule has 0 amide bonds. The molecule has 2 aromatic carbocycles. The van der Waals surface area contributed by atoms with Crippen LogP contribution < -0.4 is 25.4 Å². The van der Waals surface area contributed by atoms with Crippen LogP contribution in [-0.4, -0.2) is 53.2 Å². The van der Waals surface area contributed by atoms with E-state index in [1.165, 1.54) is 4.57 Å². The van der Waals surface area contributed by atoms with Crippen molar-refractivity contribution in [1.29, 1.82) is 0 Å². The molecule has 0 bridgehead atoms. The number of aromatic amines is 1. The van der Waals surface area contributed by atoms with Gasteiger partial charge < -0.3 is 9.47 Å². The summed E-state index contributed by atoms with van der Waals surface area (Å²) in [6.07, 6.45) is 1.74. The van der Waals surface area contributed by atoms with E-state index in [0.717, 1.165) is 39.7 Å². The van der Waals surface area contributed by atoms with Crippen LogP contribution in [0, 0.1) is 20.8 Å². The number of hydrogen-bond donors (Lipinski definition) is 2. The Morgan fingerprint density at radius 1 is 1.10 bits per heavy atom. The van der Waals surface area contributed by atoms with E-state index < -0.39 is 10.0 Å². The summed E-state index contributed by atoms with van der Waals surface area (Å²) in [5.74, 6) is 1.24. The highest BCUT2D eigenvalue weighted by molar-refractivity contribution is 7.89. The normalized spacial score (nSPS) is 13.1. The number of aromatic nitrogens is 5. The predicted molar refractivity (Wildman–Crippen MR) is 153 cm³/mol. The average molecular weight is 580 g/mol. The van der Waals surface area contributed by atoms with Crippen molar-refractivity contribution in [2.45, 2.75) is 52.2 Å². The van der Waals surface area contributed by atoms with E-state index in [2.05, 4.69) is 20.1 Å². The van der Waals surface area contributed by atoms with Crippen molar-refractivity contribution in [2.75, 3.05) is 20.3 Å². The van der Waals surface area contributed by atoms with E-state index in [9.17, 15) is 13.2 Å². The Balaban J connectivity index is 1.66. The molecule has 0 saturated carbocycles. The molecule has 0 fully saturated rings. The minimum atomic E-state index is -3.90. The maximum absolute atomic E-state index is 14.0. The number of nitrogens with one attached hydrogen (secondary N) is 2. The van der Waals surface area contributed by atoms with Crippen LogP contribution in [-0.2, 0) is 29.5 Å². The number of aryl methyl sites for hydroxylation is 4. The summed E-state index contributed by atoms with van der Waals surface area (Å²) < 4.78 is 42.3. The first-order chi connectivity index (χ1) is 19.6. The zero-order valence-corrected chi connectivity index (χ0v) is 24.5. The number of H-pyrrole nitrogens is 1. The van der Waals surface area contributed by atoms with Crippen LogP contribution in [0.3, 0.4) is 0 Å². The third kappa shape index (κ3) is 5.55. The van der Waals surface area contributed by atoms with Crippen molar-refractivity contribution in [2.24, 2.45) is 4.99 Å². The predicted octanol–water partition coefficient (Wildman–Crippen LogP) is 2.53. The summed E-state index contributed by atoms with van der Waals surface area (Å²) in [5, 5.41) is 9.28. The minimum Gasteiger partial charge on any atom is -0.493 e. The molecule has 1 aliphatic rings. The minimum absolute atomic E-state index is 0.0506. The van der Waals surface area contributed by atoms with Gasteiger partial charge in [-0.1, -0.05) is 17.7 Å². The average Bonchev–Trinajstić information content (AvgIpc) is 3.48. The van der Waals surface area contributed by atoms with E-state index >= 15 is 0 Å². The Hall–Kier alpha value is -4.23. The van der Waals surface area contributed by atoms with Crippen LogP contribution >= 0.6 is 0 Å². The van der Waals surface area contributed by atoms with Crippen LogP contribution in [0.1, 0.15) is 29.2 Å². The molecule has 0 unspecified atom stereocenters. The number of sulfonamides is 1. The van der Waals surface area contributed by atoms with E-state index in [4.69, 9.17) is 14.5 Å². The lowest BCUT2D eigenvalue weighted by atomic mass is 9.97. The molecule has 0 spiro atoms. The highest BCUT2D eigenvalue weighted by Gasteiger charge is 2.23. The van der Waals surface area contributed by atoms with Crippen molar-refractivity contribution < 1.29 is 17.9 Å². The van der Waals surface area contributed by atoms with E-state index in [1.54, 1.807) is 11.7 Å². The molecule has 3 heterocycles. The number of fused-ring (bicyclic) bond motifs is 3. The van der Waals surface area contributed by atoms with Crippen LogP contribution in [0.4, 0.5) is 5.69 Å². The van der Waals surface area contributed by atoms with Crippen LogP contribution in [0.15, 0.2) is 51.3 Å². The maximum atomic E-state index is 14.0. The van der Waals surface area contributed by atoms with Gasteiger partial charge in [0.15, 0.2) is 11.5 Å². The molecule has 2 N–H and O–H groups in total. The molecule has 1 aliphatic heterocycles. The second-order valence-electron chi connectivity index (χ2n) is 9.88. The summed E-state index contributed by atoms with van der Waals surface area (Å²) in [6.45, 7) is 8.86. The molecule has 216 valence electrons. The highest BCUT2D eigenvalue weighted by Crippen LogP contribution is 2.37. The van der Waals surface area contributed by atoms with Crippen LogP contribution in [0.5, 0.6) is 11.5 Å². The lowest BCUT2D eigenvalue weighted by molar-refractivity contribution is 0.310. The molecule has 5 rings (SSSR count). The Morgan fingerprint density at radius 3 is 2.51 bits per heavy atom. The lowest BCUT2D eigenvalue weighted by Crippen LogP contribution is -2.44.